The summed E-state index contributed by atoms with van der Waals surface area (Å²) in [6.45, 7) is 12.2. The van der Waals surface area contributed by atoms with E-state index < -0.39 is 0 Å². The molecule has 2 N–H and O–H groups in total. The number of hydrogen-bond acceptors (Lipinski definition) is 3. The molecule has 1 aliphatic heterocycles. The average molecular weight is 365 g/mol. The van der Waals surface area contributed by atoms with Crippen LogP contribution in [-0.2, 0) is 6.42 Å². The molecule has 0 aromatic carbocycles. The lowest BCUT2D eigenvalue weighted by Gasteiger charge is -2.33. The minimum Gasteiger partial charge on any atom is -0.357 e. The summed E-state index contributed by atoms with van der Waals surface area (Å²) in [4.78, 5) is 8.91. The Morgan fingerprint density at radius 1 is 1.36 bits per heavy atom. The second kappa shape index (κ2) is 11.5. The lowest BCUT2D eigenvalue weighted by molar-refractivity contribution is 0.203. The number of nitrogens with one attached hydrogen (secondary N) is 2. The van der Waals surface area contributed by atoms with E-state index in [9.17, 15) is 0 Å². The summed E-state index contributed by atoms with van der Waals surface area (Å²) in [5.74, 6) is 1.57. The first kappa shape index (κ1) is 20.2. The number of rotatable bonds is 9. The van der Waals surface area contributed by atoms with Gasteiger partial charge in [-0.05, 0) is 56.5 Å². The Kier molecular flexibility index (Phi) is 9.33. The molecule has 2 rings (SSSR count). The summed E-state index contributed by atoms with van der Waals surface area (Å²) in [5, 5.41) is 9.24. The minimum atomic E-state index is 0.559. The van der Waals surface area contributed by atoms with Crippen molar-refractivity contribution in [2.24, 2.45) is 10.9 Å². The monoisotopic (exact) mass is 364 g/mol. The topological polar surface area (TPSA) is 39.7 Å². The molecule has 1 fully saturated rings. The van der Waals surface area contributed by atoms with Crippen LogP contribution >= 0.6 is 11.3 Å². The zero-order valence-electron chi connectivity index (χ0n) is 16.3. The highest BCUT2D eigenvalue weighted by molar-refractivity contribution is 7.09. The average Bonchev–Trinajstić information content (AvgIpc) is 3.12. The molecule has 0 saturated carbocycles. The molecule has 1 atom stereocenters. The van der Waals surface area contributed by atoms with Gasteiger partial charge in [-0.25, -0.2) is 0 Å². The Labute approximate surface area is 158 Å². The lowest BCUT2D eigenvalue weighted by Crippen LogP contribution is -2.48. The van der Waals surface area contributed by atoms with Crippen molar-refractivity contribution >= 4 is 17.3 Å². The van der Waals surface area contributed by atoms with Crippen LogP contribution in [-0.4, -0.2) is 49.6 Å². The van der Waals surface area contributed by atoms with Crippen LogP contribution in [0.5, 0.6) is 0 Å². The van der Waals surface area contributed by atoms with Crippen molar-refractivity contribution < 1.29 is 0 Å². The molecule has 1 aromatic heterocycles. The van der Waals surface area contributed by atoms with E-state index in [0.717, 1.165) is 25.5 Å². The van der Waals surface area contributed by atoms with E-state index in [1.165, 1.54) is 50.2 Å². The predicted molar refractivity (Wildman–Crippen MR) is 111 cm³/mol. The van der Waals surface area contributed by atoms with Gasteiger partial charge in [-0.15, -0.1) is 11.3 Å². The number of unbranched alkanes of at least 4 members (excludes halogenated alkanes) is 1. The third-order valence-corrected chi connectivity index (χ3v) is 5.69. The van der Waals surface area contributed by atoms with Crippen LogP contribution in [0.15, 0.2) is 22.5 Å². The van der Waals surface area contributed by atoms with E-state index >= 15 is 0 Å². The van der Waals surface area contributed by atoms with Gasteiger partial charge in [-0.1, -0.05) is 26.3 Å². The number of aliphatic imine (C=N–C) groups is 1. The Hall–Kier alpha value is -1.07. The summed E-state index contributed by atoms with van der Waals surface area (Å²) < 4.78 is 0. The molecule has 0 amide bonds. The molecule has 0 radical (unpaired) electrons. The standard InChI is InChI=1S/C20H36N4S/c1-4-6-11-24-12-9-18(10-13-24)23-20(21-5-2)22-16-17(3)15-19-8-7-14-25-19/h7-8,14,17-18H,4-6,9-13,15-16H2,1-3H3,(H2,21,22,23). The fourth-order valence-corrected chi connectivity index (χ4v) is 4.15. The van der Waals surface area contributed by atoms with E-state index in [-0.39, 0.29) is 0 Å². The van der Waals surface area contributed by atoms with E-state index in [1.807, 2.05) is 11.3 Å². The Bertz CT molecular complexity index is 478. The molecule has 0 aliphatic carbocycles. The van der Waals surface area contributed by atoms with Crippen molar-refractivity contribution in [2.75, 3.05) is 32.7 Å². The molecule has 2 heterocycles. The molecule has 0 spiro atoms. The van der Waals surface area contributed by atoms with Crippen molar-refractivity contribution in [3.8, 4) is 0 Å². The highest BCUT2D eigenvalue weighted by Crippen LogP contribution is 2.15. The van der Waals surface area contributed by atoms with Gasteiger partial charge in [0.1, 0.15) is 0 Å². The van der Waals surface area contributed by atoms with E-state index in [2.05, 4.69) is 53.8 Å². The summed E-state index contributed by atoms with van der Waals surface area (Å²) in [7, 11) is 0. The molecule has 5 heteroatoms. The van der Waals surface area contributed by atoms with Gasteiger partial charge >= 0.3 is 0 Å². The maximum Gasteiger partial charge on any atom is 0.191 e. The second-order valence-electron chi connectivity index (χ2n) is 7.22. The Balaban J connectivity index is 1.75. The summed E-state index contributed by atoms with van der Waals surface area (Å²) >= 11 is 1.85. The Morgan fingerprint density at radius 3 is 2.80 bits per heavy atom. The van der Waals surface area contributed by atoms with Crippen molar-refractivity contribution in [2.45, 2.75) is 58.9 Å². The zero-order valence-corrected chi connectivity index (χ0v) is 17.1. The maximum absolute atomic E-state index is 4.84. The predicted octanol–water partition coefficient (Wildman–Crippen LogP) is 3.75. The fourth-order valence-electron chi connectivity index (χ4n) is 3.28. The largest absolute Gasteiger partial charge is 0.357 e. The summed E-state index contributed by atoms with van der Waals surface area (Å²) in [6, 6.07) is 4.91. The third-order valence-electron chi connectivity index (χ3n) is 4.79. The molecule has 4 nitrogen and oxygen atoms in total. The van der Waals surface area contributed by atoms with Gasteiger partial charge in [0.25, 0.3) is 0 Å². The first-order chi connectivity index (χ1) is 12.2. The highest BCUT2D eigenvalue weighted by atomic mass is 32.1. The van der Waals surface area contributed by atoms with Crippen LogP contribution < -0.4 is 10.6 Å². The lowest BCUT2D eigenvalue weighted by atomic mass is 10.0. The summed E-state index contributed by atoms with van der Waals surface area (Å²) in [5.41, 5.74) is 0. The van der Waals surface area contributed by atoms with Gasteiger partial charge < -0.3 is 15.5 Å². The first-order valence-electron chi connectivity index (χ1n) is 10.0. The van der Waals surface area contributed by atoms with Crippen LogP contribution in [0, 0.1) is 5.92 Å². The molecule has 25 heavy (non-hydrogen) atoms. The molecular weight excluding hydrogens is 328 g/mol. The maximum atomic E-state index is 4.84. The van der Waals surface area contributed by atoms with Crippen molar-refractivity contribution in [3.05, 3.63) is 22.4 Å². The van der Waals surface area contributed by atoms with Crippen molar-refractivity contribution in [1.82, 2.24) is 15.5 Å². The van der Waals surface area contributed by atoms with Crippen LogP contribution in [0.2, 0.25) is 0 Å². The molecule has 1 aromatic rings. The number of guanidine groups is 1. The third kappa shape index (κ3) is 7.78. The number of thiophene rings is 1. The molecular formula is C20H36N4S. The van der Waals surface area contributed by atoms with E-state index in [0.29, 0.717) is 12.0 Å². The Morgan fingerprint density at radius 2 is 2.16 bits per heavy atom. The van der Waals surface area contributed by atoms with Crippen molar-refractivity contribution in [3.63, 3.8) is 0 Å². The molecule has 1 saturated heterocycles. The summed E-state index contributed by atoms with van der Waals surface area (Å²) in [6.07, 6.45) is 6.18. The number of likely N-dealkylation sites (tertiary alicyclic amines) is 1. The van der Waals surface area contributed by atoms with Gasteiger partial charge in [0, 0.05) is 37.1 Å². The number of nitrogens with zero attached hydrogens (tertiary/aromatic N) is 2. The van der Waals surface area contributed by atoms with Crippen LogP contribution in [0.4, 0.5) is 0 Å². The van der Waals surface area contributed by atoms with Crippen LogP contribution in [0.3, 0.4) is 0 Å². The van der Waals surface area contributed by atoms with Gasteiger partial charge in [-0.2, -0.15) is 0 Å². The quantitative estimate of drug-likeness (QED) is 0.518. The minimum absolute atomic E-state index is 0.559. The van der Waals surface area contributed by atoms with E-state index in [1.54, 1.807) is 0 Å². The fraction of sp³-hybridized carbons (Fsp3) is 0.750. The SMILES string of the molecule is CCCCN1CCC(NC(=NCC(C)Cc2cccs2)NCC)CC1. The molecule has 1 unspecified atom stereocenters. The second-order valence-corrected chi connectivity index (χ2v) is 8.25. The van der Waals surface area contributed by atoms with Crippen molar-refractivity contribution in [1.29, 1.82) is 0 Å². The molecule has 1 aliphatic rings. The zero-order chi connectivity index (χ0) is 17.9. The van der Waals surface area contributed by atoms with Gasteiger partial charge in [0.15, 0.2) is 5.96 Å². The van der Waals surface area contributed by atoms with E-state index in [4.69, 9.17) is 4.99 Å². The van der Waals surface area contributed by atoms with Crippen LogP contribution in [0.1, 0.15) is 51.3 Å². The number of piperidine rings is 1. The smallest absolute Gasteiger partial charge is 0.191 e. The first-order valence-corrected chi connectivity index (χ1v) is 10.9. The normalized spacial score (nSPS) is 18.3. The van der Waals surface area contributed by atoms with Crippen LogP contribution in [0.25, 0.3) is 0 Å². The van der Waals surface area contributed by atoms with Gasteiger partial charge in [0.05, 0.1) is 0 Å². The van der Waals surface area contributed by atoms with Gasteiger partial charge in [0.2, 0.25) is 0 Å². The molecule has 142 valence electrons. The molecule has 0 bridgehead atoms. The highest BCUT2D eigenvalue weighted by Gasteiger charge is 2.19. The van der Waals surface area contributed by atoms with Gasteiger partial charge in [-0.3, -0.25) is 4.99 Å². The number of hydrogen-bond donors (Lipinski definition) is 2.